The highest BCUT2D eigenvalue weighted by Gasteiger charge is 2.53. The van der Waals surface area contributed by atoms with Crippen LogP contribution in [0.25, 0.3) is 11.0 Å². The maximum Gasteiger partial charge on any atom is 0.258 e. The van der Waals surface area contributed by atoms with Crippen molar-refractivity contribution in [2.24, 2.45) is 5.92 Å². The lowest BCUT2D eigenvalue weighted by Gasteiger charge is -2.44. The van der Waals surface area contributed by atoms with Crippen LogP contribution >= 0.6 is 12.4 Å². The molecule has 2 aliphatic heterocycles. The molecule has 0 bridgehead atoms. The number of nitrogens with zero attached hydrogens (tertiary/aromatic N) is 2. The lowest BCUT2D eigenvalue weighted by Crippen LogP contribution is -2.52. The number of nitrogens with one attached hydrogen (secondary N) is 1. The number of benzene rings is 1. The Morgan fingerprint density at radius 2 is 2.00 bits per heavy atom. The van der Waals surface area contributed by atoms with Crippen molar-refractivity contribution in [3.8, 4) is 0 Å². The van der Waals surface area contributed by atoms with Gasteiger partial charge in [-0.1, -0.05) is 11.6 Å². The average molecular weight is 448 g/mol. The van der Waals surface area contributed by atoms with Crippen LogP contribution in [0.2, 0.25) is 0 Å². The van der Waals surface area contributed by atoms with E-state index in [9.17, 15) is 19.1 Å². The summed E-state index contributed by atoms with van der Waals surface area (Å²) in [5, 5.41) is 18.8. The van der Waals surface area contributed by atoms with Gasteiger partial charge in [0.05, 0.1) is 0 Å². The van der Waals surface area contributed by atoms with Crippen molar-refractivity contribution in [1.82, 2.24) is 15.4 Å². The number of hydrogen-bond acceptors (Lipinski definition) is 6. The molecule has 9 heteroatoms. The molecule has 1 fully saturated rings. The number of carbonyl (C=O) groups is 2. The van der Waals surface area contributed by atoms with Gasteiger partial charge in [0, 0.05) is 34.6 Å². The van der Waals surface area contributed by atoms with Crippen molar-refractivity contribution >= 4 is 35.2 Å². The highest BCUT2D eigenvalue weighted by atomic mass is 35.5. The number of fused-ring (bicyclic) bond motifs is 1. The standard InChI is InChI=1S/C22H22FN3O4.ClH/c1-12(26-9-3-2-4-10-26)18-17-15(20(27)24-21(17)28)7-8-22(18,29)19-14-6-5-13(23)11-16(14)30-25-19;/h5-8,11-12,18,29H,2-4,9-10H2,1H3,(H,24,27,28);1H. The molecule has 2 amide bonds. The van der Waals surface area contributed by atoms with Crippen LogP contribution in [-0.4, -0.2) is 46.1 Å². The van der Waals surface area contributed by atoms with Crippen LogP contribution in [0.4, 0.5) is 4.39 Å². The first-order valence-electron chi connectivity index (χ1n) is 10.2. The Bertz CT molecular complexity index is 1120. The van der Waals surface area contributed by atoms with Crippen LogP contribution in [-0.2, 0) is 15.2 Å². The summed E-state index contributed by atoms with van der Waals surface area (Å²) in [6, 6.07) is 3.75. The third-order valence-electron chi connectivity index (χ3n) is 6.56. The van der Waals surface area contributed by atoms with Gasteiger partial charge in [0.25, 0.3) is 11.8 Å². The van der Waals surface area contributed by atoms with E-state index >= 15 is 0 Å². The first-order valence-corrected chi connectivity index (χ1v) is 10.2. The van der Waals surface area contributed by atoms with Gasteiger partial charge in [-0.05, 0) is 57.1 Å². The summed E-state index contributed by atoms with van der Waals surface area (Å²) < 4.78 is 18.9. The van der Waals surface area contributed by atoms with E-state index in [0.29, 0.717) is 5.39 Å². The van der Waals surface area contributed by atoms with Gasteiger partial charge >= 0.3 is 0 Å². The molecule has 1 saturated heterocycles. The summed E-state index contributed by atoms with van der Waals surface area (Å²) in [6.07, 6.45) is 6.20. The fourth-order valence-corrected chi connectivity index (χ4v) is 5.06. The Hall–Kier alpha value is -2.55. The van der Waals surface area contributed by atoms with Crippen LogP contribution < -0.4 is 5.32 Å². The van der Waals surface area contributed by atoms with Crippen LogP contribution in [0.1, 0.15) is 31.9 Å². The second-order valence-corrected chi connectivity index (χ2v) is 8.26. The summed E-state index contributed by atoms with van der Waals surface area (Å²) >= 11 is 0. The second kappa shape index (κ2) is 7.85. The van der Waals surface area contributed by atoms with Crippen LogP contribution in [0, 0.1) is 11.7 Å². The molecule has 1 aromatic carbocycles. The lowest BCUT2D eigenvalue weighted by atomic mass is 9.70. The van der Waals surface area contributed by atoms with Gasteiger partial charge in [-0.25, -0.2) is 4.39 Å². The molecule has 7 nitrogen and oxygen atoms in total. The van der Waals surface area contributed by atoms with E-state index < -0.39 is 29.2 Å². The first-order chi connectivity index (χ1) is 14.4. The summed E-state index contributed by atoms with van der Waals surface area (Å²) in [5.41, 5.74) is -0.733. The fourth-order valence-electron chi connectivity index (χ4n) is 5.06. The summed E-state index contributed by atoms with van der Waals surface area (Å²) in [5.74, 6) is -2.16. The minimum atomic E-state index is -1.69. The van der Waals surface area contributed by atoms with Crippen LogP contribution in [0.5, 0.6) is 0 Å². The average Bonchev–Trinajstić information content (AvgIpc) is 3.28. The molecular weight excluding hydrogens is 425 g/mol. The maximum atomic E-state index is 13.6. The Morgan fingerprint density at radius 1 is 1.26 bits per heavy atom. The molecule has 5 rings (SSSR count). The van der Waals surface area contributed by atoms with Crippen molar-refractivity contribution in [2.45, 2.75) is 37.8 Å². The number of piperidine rings is 1. The smallest absolute Gasteiger partial charge is 0.258 e. The molecule has 2 aromatic rings. The maximum absolute atomic E-state index is 13.6. The topological polar surface area (TPSA) is 95.7 Å². The van der Waals surface area contributed by atoms with Gasteiger partial charge in [-0.3, -0.25) is 19.8 Å². The Kier molecular flexibility index (Phi) is 5.49. The van der Waals surface area contributed by atoms with Gasteiger partial charge in [0.2, 0.25) is 0 Å². The Morgan fingerprint density at radius 3 is 2.74 bits per heavy atom. The van der Waals surface area contributed by atoms with Crippen molar-refractivity contribution in [1.29, 1.82) is 0 Å². The molecule has 3 aliphatic rings. The van der Waals surface area contributed by atoms with Crippen molar-refractivity contribution in [3.63, 3.8) is 0 Å². The molecule has 31 heavy (non-hydrogen) atoms. The number of imide groups is 1. The molecule has 1 aliphatic carbocycles. The number of likely N-dealkylation sites (tertiary alicyclic amines) is 1. The number of halogens is 2. The number of aromatic nitrogens is 1. The van der Waals surface area contributed by atoms with E-state index in [1.165, 1.54) is 30.4 Å². The van der Waals surface area contributed by atoms with Gasteiger partial charge < -0.3 is 9.63 Å². The molecule has 2 N–H and O–H groups in total. The molecule has 0 radical (unpaired) electrons. The zero-order valence-corrected chi connectivity index (χ0v) is 17.7. The molecule has 0 saturated carbocycles. The number of rotatable bonds is 3. The predicted molar refractivity (Wildman–Crippen MR) is 113 cm³/mol. The van der Waals surface area contributed by atoms with Gasteiger partial charge in [0.15, 0.2) is 5.58 Å². The minimum absolute atomic E-state index is 0. The quantitative estimate of drug-likeness (QED) is 0.702. The largest absolute Gasteiger partial charge is 0.379 e. The highest BCUT2D eigenvalue weighted by Crippen LogP contribution is 2.47. The van der Waals surface area contributed by atoms with E-state index in [1.807, 2.05) is 6.92 Å². The van der Waals surface area contributed by atoms with Gasteiger partial charge in [-0.2, -0.15) is 0 Å². The summed E-state index contributed by atoms with van der Waals surface area (Å²) in [7, 11) is 0. The van der Waals surface area contributed by atoms with Gasteiger partial charge in [0.1, 0.15) is 17.1 Å². The van der Waals surface area contributed by atoms with Gasteiger partial charge in [-0.15, -0.1) is 12.4 Å². The monoisotopic (exact) mass is 447 g/mol. The molecule has 0 spiro atoms. The van der Waals surface area contributed by atoms with E-state index in [2.05, 4.69) is 15.4 Å². The normalized spacial score (nSPS) is 27.3. The van der Waals surface area contributed by atoms with E-state index in [-0.39, 0.29) is 40.9 Å². The van der Waals surface area contributed by atoms with Crippen LogP contribution in [0.3, 0.4) is 0 Å². The van der Waals surface area contributed by atoms with Crippen molar-refractivity contribution in [3.05, 3.63) is 53.0 Å². The number of aliphatic hydroxyl groups is 1. The Labute approximate surface area is 184 Å². The minimum Gasteiger partial charge on any atom is -0.379 e. The lowest BCUT2D eigenvalue weighted by molar-refractivity contribution is -0.124. The summed E-state index contributed by atoms with van der Waals surface area (Å²) in [6.45, 7) is 3.66. The zero-order chi connectivity index (χ0) is 21.0. The first kappa shape index (κ1) is 21.7. The van der Waals surface area contributed by atoms with Crippen LogP contribution in [0.15, 0.2) is 46.0 Å². The molecule has 3 heterocycles. The molecule has 164 valence electrons. The highest BCUT2D eigenvalue weighted by molar-refractivity contribution is 6.21. The SMILES string of the molecule is CC(C1C2=C(C=CC1(O)c1noc3cc(F)ccc13)C(=O)NC2=O)N1CCCCC1.Cl. The summed E-state index contributed by atoms with van der Waals surface area (Å²) in [4.78, 5) is 27.3. The predicted octanol–water partition coefficient (Wildman–Crippen LogP) is 2.59. The number of carbonyl (C=O) groups excluding carboxylic acids is 2. The van der Waals surface area contributed by atoms with Crippen molar-refractivity contribution < 1.29 is 23.6 Å². The zero-order valence-electron chi connectivity index (χ0n) is 16.9. The number of amides is 2. The third kappa shape index (κ3) is 3.30. The second-order valence-electron chi connectivity index (χ2n) is 8.26. The van der Waals surface area contributed by atoms with E-state index in [1.54, 1.807) is 0 Å². The molecular formula is C22H23ClFN3O4. The Balaban J connectivity index is 0.00000231. The molecule has 3 unspecified atom stereocenters. The third-order valence-corrected chi connectivity index (χ3v) is 6.56. The fraction of sp³-hybridized carbons (Fsp3) is 0.409. The van der Waals surface area contributed by atoms with E-state index in [0.717, 1.165) is 32.4 Å². The number of hydrogen-bond donors (Lipinski definition) is 2. The van der Waals surface area contributed by atoms with E-state index in [4.69, 9.17) is 4.52 Å². The van der Waals surface area contributed by atoms with Crippen molar-refractivity contribution in [2.75, 3.05) is 13.1 Å². The molecule has 1 aromatic heterocycles. The molecule has 3 atom stereocenters.